The predicted molar refractivity (Wildman–Crippen MR) is 91.9 cm³/mol. The van der Waals surface area contributed by atoms with Crippen LogP contribution in [0.1, 0.15) is 51.9 Å². The molecule has 2 saturated heterocycles. The van der Waals surface area contributed by atoms with E-state index >= 15 is 0 Å². The minimum absolute atomic E-state index is 0.0782. The molecule has 0 amide bonds. The quantitative estimate of drug-likeness (QED) is 0.778. The number of carboxylic acids is 1. The van der Waals surface area contributed by atoms with Crippen LogP contribution in [0.5, 0.6) is 0 Å². The number of nitrogens with one attached hydrogen (secondary N) is 1. The summed E-state index contributed by atoms with van der Waals surface area (Å²) in [6, 6.07) is 1.31. The van der Waals surface area contributed by atoms with E-state index in [0.29, 0.717) is 12.0 Å². The summed E-state index contributed by atoms with van der Waals surface area (Å²) < 4.78 is 6.27. The van der Waals surface area contributed by atoms with Gasteiger partial charge in [0.2, 0.25) is 0 Å². The Morgan fingerprint density at radius 1 is 1.29 bits per heavy atom. The number of piperidine rings is 1. The maximum atomic E-state index is 10.9. The molecule has 1 spiro atoms. The summed E-state index contributed by atoms with van der Waals surface area (Å²) in [7, 11) is 0. The monoisotopic (exact) mass is 336 g/mol. The molecule has 136 valence electrons. The molecule has 0 radical (unpaired) electrons. The molecule has 5 heteroatoms. The summed E-state index contributed by atoms with van der Waals surface area (Å²) in [5, 5.41) is 12.8. The second kappa shape index (κ2) is 6.58. The van der Waals surface area contributed by atoms with Crippen molar-refractivity contribution in [2.75, 3.05) is 26.2 Å². The van der Waals surface area contributed by atoms with Gasteiger partial charge >= 0.3 is 5.97 Å². The van der Waals surface area contributed by atoms with Crippen molar-refractivity contribution in [1.82, 2.24) is 10.2 Å². The number of rotatable bonds is 6. The lowest BCUT2D eigenvalue weighted by Crippen LogP contribution is -2.48. The van der Waals surface area contributed by atoms with Crippen molar-refractivity contribution in [3.63, 3.8) is 0 Å². The highest BCUT2D eigenvalue weighted by molar-refractivity contribution is 5.71. The lowest BCUT2D eigenvalue weighted by atomic mass is 9.74. The van der Waals surface area contributed by atoms with Gasteiger partial charge in [0.1, 0.15) is 0 Å². The molecule has 0 aromatic carbocycles. The Morgan fingerprint density at radius 3 is 2.67 bits per heavy atom. The molecule has 0 bridgehead atoms. The van der Waals surface area contributed by atoms with Gasteiger partial charge in [-0.3, -0.25) is 4.79 Å². The van der Waals surface area contributed by atoms with Gasteiger partial charge in [-0.1, -0.05) is 13.3 Å². The summed E-state index contributed by atoms with van der Waals surface area (Å²) >= 11 is 0. The van der Waals surface area contributed by atoms with Crippen molar-refractivity contribution in [2.24, 2.45) is 17.8 Å². The molecule has 2 heterocycles. The van der Waals surface area contributed by atoms with Crippen molar-refractivity contribution in [3.05, 3.63) is 0 Å². The summed E-state index contributed by atoms with van der Waals surface area (Å²) in [5.74, 6) is 0.814. The Labute approximate surface area is 145 Å². The fraction of sp³-hybridized carbons (Fsp3) is 0.947. The van der Waals surface area contributed by atoms with Crippen molar-refractivity contribution in [1.29, 1.82) is 0 Å². The molecule has 3 atom stereocenters. The van der Waals surface area contributed by atoms with Crippen LogP contribution >= 0.6 is 0 Å². The normalized spacial score (nSPS) is 41.3. The van der Waals surface area contributed by atoms with Gasteiger partial charge in [0.05, 0.1) is 18.1 Å². The van der Waals surface area contributed by atoms with Crippen LogP contribution in [-0.2, 0) is 9.53 Å². The standard InChI is InChI=1S/C19H32N2O3/c1-2-14-9-17(14)20-16-10-19(24-12-16)3-5-21(6-4-19)11-13-7-15(8-13)18(22)23/h13-17,20H,2-12H2,1H3,(H,22,23)/t13?,14-,15?,16?,17-/m1/s1. The number of ether oxygens (including phenoxy) is 1. The van der Waals surface area contributed by atoms with Crippen LogP contribution in [0.3, 0.4) is 0 Å². The predicted octanol–water partition coefficient (Wildman–Crippen LogP) is 2.11. The molecule has 0 aromatic heterocycles. The van der Waals surface area contributed by atoms with Crippen molar-refractivity contribution in [2.45, 2.75) is 69.6 Å². The minimum atomic E-state index is -0.609. The van der Waals surface area contributed by atoms with E-state index in [-0.39, 0.29) is 11.5 Å². The van der Waals surface area contributed by atoms with Crippen LogP contribution in [0.25, 0.3) is 0 Å². The molecule has 4 aliphatic rings. The average molecular weight is 336 g/mol. The maximum Gasteiger partial charge on any atom is 0.306 e. The van der Waals surface area contributed by atoms with Crippen LogP contribution in [0.4, 0.5) is 0 Å². The molecule has 2 N–H and O–H groups in total. The fourth-order valence-electron chi connectivity index (χ4n) is 5.10. The highest BCUT2D eigenvalue weighted by atomic mass is 16.5. The van der Waals surface area contributed by atoms with Crippen LogP contribution < -0.4 is 5.32 Å². The van der Waals surface area contributed by atoms with Gasteiger partial charge in [0, 0.05) is 31.7 Å². The number of carbonyl (C=O) groups is 1. The Kier molecular flexibility index (Phi) is 4.61. The number of carboxylic acid groups (broad SMARTS) is 1. The second-order valence-electron chi connectivity index (χ2n) is 8.75. The van der Waals surface area contributed by atoms with E-state index in [2.05, 4.69) is 17.1 Å². The number of aliphatic carboxylic acids is 1. The van der Waals surface area contributed by atoms with Crippen molar-refractivity contribution < 1.29 is 14.6 Å². The fourth-order valence-corrected chi connectivity index (χ4v) is 5.10. The van der Waals surface area contributed by atoms with Gasteiger partial charge in [-0.2, -0.15) is 0 Å². The average Bonchev–Trinajstić information content (AvgIpc) is 3.16. The second-order valence-corrected chi connectivity index (χ2v) is 8.75. The van der Waals surface area contributed by atoms with Crippen molar-refractivity contribution >= 4 is 5.97 Å². The van der Waals surface area contributed by atoms with Gasteiger partial charge in [-0.15, -0.1) is 0 Å². The first-order chi connectivity index (χ1) is 11.6. The van der Waals surface area contributed by atoms with E-state index in [1.807, 2.05) is 0 Å². The van der Waals surface area contributed by atoms with Crippen LogP contribution in [-0.4, -0.2) is 59.9 Å². The highest BCUT2D eigenvalue weighted by Crippen LogP contribution is 2.40. The Bertz CT molecular complexity index is 469. The molecule has 24 heavy (non-hydrogen) atoms. The van der Waals surface area contributed by atoms with E-state index < -0.39 is 5.97 Å². The molecular weight excluding hydrogens is 304 g/mol. The first kappa shape index (κ1) is 16.8. The number of hydrogen-bond donors (Lipinski definition) is 2. The number of nitrogens with zero attached hydrogens (tertiary/aromatic N) is 1. The zero-order valence-corrected chi connectivity index (χ0v) is 14.9. The van der Waals surface area contributed by atoms with Crippen LogP contribution in [0, 0.1) is 17.8 Å². The molecule has 2 saturated carbocycles. The third-order valence-corrected chi connectivity index (χ3v) is 6.97. The van der Waals surface area contributed by atoms with Gasteiger partial charge in [0.25, 0.3) is 0 Å². The van der Waals surface area contributed by atoms with E-state index in [9.17, 15) is 4.79 Å². The summed E-state index contributed by atoms with van der Waals surface area (Å²) in [5.41, 5.74) is 0.119. The van der Waals surface area contributed by atoms with E-state index in [0.717, 1.165) is 63.9 Å². The smallest absolute Gasteiger partial charge is 0.306 e. The molecule has 0 aromatic rings. The van der Waals surface area contributed by atoms with Crippen LogP contribution in [0.15, 0.2) is 0 Å². The van der Waals surface area contributed by atoms with E-state index in [1.165, 1.54) is 19.3 Å². The van der Waals surface area contributed by atoms with E-state index in [4.69, 9.17) is 9.84 Å². The zero-order valence-electron chi connectivity index (χ0n) is 14.9. The first-order valence-electron chi connectivity index (χ1n) is 9.92. The molecule has 4 rings (SSSR count). The first-order valence-corrected chi connectivity index (χ1v) is 9.92. The number of likely N-dealkylation sites (tertiary alicyclic amines) is 1. The zero-order chi connectivity index (χ0) is 16.7. The molecular formula is C19H32N2O3. The van der Waals surface area contributed by atoms with Crippen LogP contribution in [0.2, 0.25) is 0 Å². The third kappa shape index (κ3) is 3.49. The maximum absolute atomic E-state index is 10.9. The van der Waals surface area contributed by atoms with E-state index in [1.54, 1.807) is 0 Å². The third-order valence-electron chi connectivity index (χ3n) is 6.97. The summed E-state index contributed by atoms with van der Waals surface area (Å²) in [6.07, 6.45) is 7.86. The van der Waals surface area contributed by atoms with Gasteiger partial charge in [0.15, 0.2) is 0 Å². The SMILES string of the molecule is CC[C@@H]1C[C@H]1NC1COC2(CCN(CC3CC(C(=O)O)C3)CC2)C1. The lowest BCUT2D eigenvalue weighted by Gasteiger charge is -2.42. The molecule has 5 nitrogen and oxygen atoms in total. The van der Waals surface area contributed by atoms with Gasteiger partial charge < -0.3 is 20.1 Å². The summed E-state index contributed by atoms with van der Waals surface area (Å²) in [6.45, 7) is 6.48. The Morgan fingerprint density at radius 2 is 2.04 bits per heavy atom. The Hall–Kier alpha value is -0.650. The van der Waals surface area contributed by atoms with Crippen molar-refractivity contribution in [3.8, 4) is 0 Å². The summed E-state index contributed by atoms with van der Waals surface area (Å²) in [4.78, 5) is 13.4. The minimum Gasteiger partial charge on any atom is -0.481 e. The largest absolute Gasteiger partial charge is 0.481 e. The molecule has 2 aliphatic carbocycles. The lowest BCUT2D eigenvalue weighted by molar-refractivity contribution is -0.146. The molecule has 4 fully saturated rings. The van der Waals surface area contributed by atoms with Gasteiger partial charge in [-0.25, -0.2) is 0 Å². The molecule has 1 unspecified atom stereocenters. The Balaban J connectivity index is 1.17. The number of hydrogen-bond acceptors (Lipinski definition) is 4. The molecule has 2 aliphatic heterocycles. The topological polar surface area (TPSA) is 61.8 Å². The highest BCUT2D eigenvalue weighted by Gasteiger charge is 2.46. The van der Waals surface area contributed by atoms with Gasteiger partial charge in [-0.05, 0) is 50.4 Å².